The van der Waals surface area contributed by atoms with Gasteiger partial charge in [-0.1, -0.05) is 62.4 Å². The van der Waals surface area contributed by atoms with Crippen LogP contribution in [0.5, 0.6) is 0 Å². The molecule has 1 N–H and O–H groups in total. The summed E-state index contributed by atoms with van der Waals surface area (Å²) in [6, 6.07) is 11.1. The smallest absolute Gasteiger partial charge is 0.408 e. The minimum absolute atomic E-state index is 0.168. The van der Waals surface area contributed by atoms with Crippen molar-refractivity contribution < 1.29 is 23.8 Å². The first-order valence-electron chi connectivity index (χ1n) is 12.0. The molecule has 8 heteroatoms. The van der Waals surface area contributed by atoms with Gasteiger partial charge in [0.25, 0.3) is 5.91 Å². The van der Waals surface area contributed by atoms with Crippen molar-refractivity contribution >= 4 is 12.0 Å². The molecule has 1 saturated heterocycles. The van der Waals surface area contributed by atoms with Crippen molar-refractivity contribution in [3.05, 3.63) is 35.9 Å². The third-order valence-electron chi connectivity index (χ3n) is 6.23. The van der Waals surface area contributed by atoms with Crippen molar-refractivity contribution in [2.45, 2.75) is 63.7 Å². The third-order valence-corrected chi connectivity index (χ3v) is 6.23. The largest absolute Gasteiger partial charge is 0.436 e. The molecule has 1 aliphatic carbocycles. The number of hydrogen-bond donors (Lipinski definition) is 1. The molecule has 1 saturated carbocycles. The second kappa shape index (κ2) is 13.8. The Morgan fingerprint density at radius 2 is 1.88 bits per heavy atom. The highest BCUT2D eigenvalue weighted by Crippen LogP contribution is 2.28. The van der Waals surface area contributed by atoms with Crippen LogP contribution in [0.15, 0.2) is 30.3 Å². The number of amides is 2. The Balaban J connectivity index is 1.48. The summed E-state index contributed by atoms with van der Waals surface area (Å²) in [6.45, 7) is 2.77. The summed E-state index contributed by atoms with van der Waals surface area (Å²) in [5.41, 5.74) is 1.05. The lowest BCUT2D eigenvalue weighted by molar-refractivity contribution is -0.145. The highest BCUT2D eigenvalue weighted by Gasteiger charge is 2.32. The van der Waals surface area contributed by atoms with E-state index in [1.165, 1.54) is 6.42 Å². The summed E-state index contributed by atoms with van der Waals surface area (Å²) in [6.07, 6.45) is 4.92. The fourth-order valence-corrected chi connectivity index (χ4v) is 4.35. The molecule has 3 rings (SSSR count). The molecule has 1 aromatic carbocycles. The van der Waals surface area contributed by atoms with E-state index in [9.17, 15) is 14.9 Å². The van der Waals surface area contributed by atoms with Crippen molar-refractivity contribution in [2.24, 2.45) is 5.92 Å². The Bertz CT molecular complexity index is 770. The number of nitriles is 1. The predicted molar refractivity (Wildman–Crippen MR) is 122 cm³/mol. The van der Waals surface area contributed by atoms with Crippen LogP contribution in [0.3, 0.4) is 0 Å². The van der Waals surface area contributed by atoms with E-state index in [2.05, 4.69) is 11.4 Å². The van der Waals surface area contributed by atoms with Crippen molar-refractivity contribution in [1.82, 2.24) is 10.2 Å². The molecule has 2 amide bonds. The van der Waals surface area contributed by atoms with Gasteiger partial charge in [0.05, 0.1) is 32.5 Å². The molecule has 33 heavy (non-hydrogen) atoms. The molecular weight excluding hydrogens is 422 g/mol. The molecule has 2 atom stereocenters. The lowest BCUT2D eigenvalue weighted by Crippen LogP contribution is -2.49. The van der Waals surface area contributed by atoms with Crippen molar-refractivity contribution in [3.63, 3.8) is 0 Å². The second-order valence-electron chi connectivity index (χ2n) is 8.72. The van der Waals surface area contributed by atoms with E-state index in [0.29, 0.717) is 58.3 Å². The monoisotopic (exact) mass is 457 g/mol. The molecule has 2 aliphatic rings. The maximum atomic E-state index is 13.1. The van der Waals surface area contributed by atoms with Gasteiger partial charge in [0, 0.05) is 19.5 Å². The first-order chi connectivity index (χ1) is 16.2. The number of alkyl carbamates (subject to hydrolysis) is 1. The van der Waals surface area contributed by atoms with Gasteiger partial charge >= 0.3 is 6.09 Å². The maximum Gasteiger partial charge on any atom is 0.408 e. The molecule has 1 aromatic rings. The average molecular weight is 458 g/mol. The van der Waals surface area contributed by atoms with Crippen LogP contribution in [0, 0.1) is 17.2 Å². The predicted octanol–water partition coefficient (Wildman–Crippen LogP) is 3.41. The Morgan fingerprint density at radius 1 is 1.15 bits per heavy atom. The van der Waals surface area contributed by atoms with Gasteiger partial charge in [-0.05, 0) is 17.9 Å². The second-order valence-corrected chi connectivity index (χ2v) is 8.72. The quantitative estimate of drug-likeness (QED) is 0.541. The van der Waals surface area contributed by atoms with E-state index in [1.807, 2.05) is 30.3 Å². The van der Waals surface area contributed by atoms with Gasteiger partial charge in [0.2, 0.25) is 0 Å². The Morgan fingerprint density at radius 3 is 2.58 bits per heavy atom. The number of ether oxygens (including phenoxy) is 3. The summed E-state index contributed by atoms with van der Waals surface area (Å²) in [7, 11) is 0. The molecule has 2 unspecified atom stereocenters. The zero-order chi connectivity index (χ0) is 23.3. The zero-order valence-corrected chi connectivity index (χ0v) is 19.2. The van der Waals surface area contributed by atoms with E-state index in [-0.39, 0.29) is 5.91 Å². The van der Waals surface area contributed by atoms with E-state index < -0.39 is 18.2 Å². The molecule has 0 bridgehead atoms. The van der Waals surface area contributed by atoms with E-state index in [0.717, 1.165) is 31.2 Å². The minimum Gasteiger partial charge on any atom is -0.436 e. The number of benzene rings is 1. The molecule has 0 radical (unpaired) electrons. The highest BCUT2D eigenvalue weighted by atomic mass is 16.6. The molecule has 180 valence electrons. The number of nitrogens with zero attached hydrogens (tertiary/aromatic N) is 2. The van der Waals surface area contributed by atoms with Crippen LogP contribution in [0.2, 0.25) is 0 Å². The summed E-state index contributed by atoms with van der Waals surface area (Å²) < 4.78 is 16.6. The molecule has 0 spiro atoms. The standard InChI is InChI=1S/C25H35N3O5/c26-18-22(11-14-32-19-21-9-5-2-6-10-21)27-25(30)33-23(17-20-7-3-1-4-8-20)24(29)28-12-15-31-16-13-28/h2,5-6,9-10,20,22-23H,1,3-4,7-8,11-17,19H2,(H,27,30). The van der Waals surface area contributed by atoms with Gasteiger partial charge in [-0.2, -0.15) is 5.26 Å². The van der Waals surface area contributed by atoms with Crippen LogP contribution in [-0.2, 0) is 25.6 Å². The average Bonchev–Trinajstić information content (AvgIpc) is 2.86. The topological polar surface area (TPSA) is 101 Å². The van der Waals surface area contributed by atoms with E-state index in [1.54, 1.807) is 4.90 Å². The lowest BCUT2D eigenvalue weighted by atomic mass is 9.85. The molecule has 2 fully saturated rings. The summed E-state index contributed by atoms with van der Waals surface area (Å²) in [5.74, 6) is 0.207. The molecule has 0 aromatic heterocycles. The van der Waals surface area contributed by atoms with Crippen LogP contribution in [0.4, 0.5) is 4.79 Å². The number of hydrogen-bond acceptors (Lipinski definition) is 6. The minimum atomic E-state index is -0.833. The van der Waals surface area contributed by atoms with Gasteiger partial charge in [-0.15, -0.1) is 0 Å². The highest BCUT2D eigenvalue weighted by molar-refractivity contribution is 5.83. The fraction of sp³-hybridized carbons (Fsp3) is 0.640. The first kappa shape index (κ1) is 25.0. The molecule has 1 aliphatic heterocycles. The normalized spacial score (nSPS) is 18.7. The summed E-state index contributed by atoms with van der Waals surface area (Å²) >= 11 is 0. The molecule has 8 nitrogen and oxygen atoms in total. The number of carbonyl (C=O) groups is 2. The van der Waals surface area contributed by atoms with Crippen LogP contribution in [0.1, 0.15) is 50.5 Å². The third kappa shape index (κ3) is 8.67. The Hall–Kier alpha value is -2.63. The van der Waals surface area contributed by atoms with Gasteiger partial charge in [0.15, 0.2) is 6.10 Å². The van der Waals surface area contributed by atoms with Crippen molar-refractivity contribution in [3.8, 4) is 6.07 Å². The zero-order valence-electron chi connectivity index (χ0n) is 19.2. The fourth-order valence-electron chi connectivity index (χ4n) is 4.35. The van der Waals surface area contributed by atoms with Crippen LogP contribution < -0.4 is 5.32 Å². The van der Waals surface area contributed by atoms with Crippen molar-refractivity contribution in [1.29, 1.82) is 5.26 Å². The Labute approximate surface area is 196 Å². The van der Waals surface area contributed by atoms with Crippen LogP contribution in [-0.4, -0.2) is 62.0 Å². The number of carbonyl (C=O) groups excluding carboxylic acids is 2. The number of rotatable bonds is 10. The summed E-state index contributed by atoms with van der Waals surface area (Å²) in [5, 5.41) is 12.0. The van der Waals surface area contributed by atoms with Gasteiger partial charge in [0.1, 0.15) is 6.04 Å². The molecule has 1 heterocycles. The van der Waals surface area contributed by atoms with E-state index in [4.69, 9.17) is 14.2 Å². The summed E-state index contributed by atoms with van der Waals surface area (Å²) in [4.78, 5) is 27.4. The van der Waals surface area contributed by atoms with E-state index >= 15 is 0 Å². The Kier molecular flexibility index (Phi) is 10.5. The van der Waals surface area contributed by atoms with Gasteiger partial charge in [-0.25, -0.2) is 4.79 Å². The molecular formula is C25H35N3O5. The van der Waals surface area contributed by atoms with Gasteiger partial charge in [-0.3, -0.25) is 4.79 Å². The van der Waals surface area contributed by atoms with Gasteiger partial charge < -0.3 is 24.4 Å². The first-order valence-corrected chi connectivity index (χ1v) is 12.0. The lowest BCUT2D eigenvalue weighted by Gasteiger charge is -2.32. The van der Waals surface area contributed by atoms with Crippen LogP contribution in [0.25, 0.3) is 0 Å². The van der Waals surface area contributed by atoms with Crippen molar-refractivity contribution in [2.75, 3.05) is 32.9 Å². The maximum absolute atomic E-state index is 13.1. The number of nitrogens with one attached hydrogen (secondary N) is 1. The number of morpholine rings is 1. The SMILES string of the molecule is N#CC(CCOCc1ccccc1)NC(=O)OC(CC1CCCCC1)C(=O)N1CCOCC1. The van der Waals surface area contributed by atoms with Crippen LogP contribution >= 0.6 is 0 Å².